The first-order chi connectivity index (χ1) is 12.2. The third kappa shape index (κ3) is 3.30. The normalized spacial score (nSPS) is 18.5. The van der Waals surface area contributed by atoms with Gasteiger partial charge >= 0.3 is 0 Å². The van der Waals surface area contributed by atoms with Crippen molar-refractivity contribution in [1.29, 1.82) is 0 Å². The van der Waals surface area contributed by atoms with E-state index in [-0.39, 0.29) is 5.41 Å². The van der Waals surface area contributed by atoms with E-state index >= 15 is 0 Å². The molecule has 7 heteroatoms. The second kappa shape index (κ2) is 6.80. The quantitative estimate of drug-likeness (QED) is 0.879. The number of fused-ring (bicyclic) bond motifs is 1. The molecule has 25 heavy (non-hydrogen) atoms. The predicted octanol–water partition coefficient (Wildman–Crippen LogP) is 3.55. The Morgan fingerprint density at radius 1 is 1.20 bits per heavy atom. The zero-order valence-electron chi connectivity index (χ0n) is 14.6. The zero-order valence-corrected chi connectivity index (χ0v) is 15.4. The van der Waals surface area contributed by atoms with E-state index in [4.69, 9.17) is 14.2 Å². The molecule has 0 bridgehead atoms. The van der Waals surface area contributed by atoms with Crippen LogP contribution in [0.1, 0.15) is 44.0 Å². The highest BCUT2D eigenvalue weighted by Crippen LogP contribution is 2.41. The molecule has 0 aliphatic carbocycles. The molecule has 0 atom stereocenters. The average Bonchev–Trinajstić information content (AvgIpc) is 3.29. The molecule has 0 spiro atoms. The molecule has 4 rings (SSSR count). The number of hydrogen-bond donors (Lipinski definition) is 1. The third-order valence-electron chi connectivity index (χ3n) is 4.97. The Hall–Kier alpha value is -1.86. The largest absolute Gasteiger partial charge is 0.454 e. The molecular formula is C18H23N3O3S. The fourth-order valence-electron chi connectivity index (χ4n) is 3.34. The zero-order chi connectivity index (χ0) is 17.3. The highest BCUT2D eigenvalue weighted by atomic mass is 32.1. The molecule has 6 nitrogen and oxygen atoms in total. The van der Waals surface area contributed by atoms with Gasteiger partial charge in [0.2, 0.25) is 11.9 Å². The number of nitrogens with one attached hydrogen (secondary N) is 1. The number of rotatable bonds is 5. The van der Waals surface area contributed by atoms with E-state index in [2.05, 4.69) is 40.7 Å². The second-order valence-corrected chi connectivity index (χ2v) is 7.68. The topological polar surface area (TPSA) is 65.5 Å². The molecular weight excluding hydrogens is 338 g/mol. The Bertz CT molecular complexity index is 741. The van der Waals surface area contributed by atoms with Crippen molar-refractivity contribution in [3.63, 3.8) is 0 Å². The van der Waals surface area contributed by atoms with Gasteiger partial charge < -0.3 is 19.5 Å². The number of aromatic nitrogens is 2. The lowest BCUT2D eigenvalue weighted by Gasteiger charge is -2.38. The minimum absolute atomic E-state index is 0.00287. The molecule has 2 aliphatic rings. The molecule has 1 aromatic heterocycles. The minimum Gasteiger partial charge on any atom is -0.454 e. The Kier molecular flexibility index (Phi) is 4.52. The van der Waals surface area contributed by atoms with Gasteiger partial charge in [0, 0.05) is 42.6 Å². The standard InChI is InChI=1S/C18H23N3O3S/c1-12(2)16-20-17(25-21-16)19-10-18(5-7-22-8-6-18)13-3-4-14-15(9-13)24-11-23-14/h3-4,9,12H,5-8,10-11H2,1-2H3,(H,19,20,21). The van der Waals surface area contributed by atoms with Gasteiger partial charge in [-0.25, -0.2) is 4.98 Å². The van der Waals surface area contributed by atoms with Crippen LogP contribution >= 0.6 is 11.5 Å². The maximum atomic E-state index is 5.62. The van der Waals surface area contributed by atoms with Crippen LogP contribution in [0.4, 0.5) is 5.13 Å². The maximum Gasteiger partial charge on any atom is 0.231 e. The lowest BCUT2D eigenvalue weighted by molar-refractivity contribution is 0.0543. The first-order valence-electron chi connectivity index (χ1n) is 8.72. The third-order valence-corrected chi connectivity index (χ3v) is 5.66. The molecule has 0 radical (unpaired) electrons. The van der Waals surface area contributed by atoms with Gasteiger partial charge in [-0.05, 0) is 30.5 Å². The fourth-order valence-corrected chi connectivity index (χ4v) is 4.04. The van der Waals surface area contributed by atoms with E-state index in [0.717, 1.165) is 55.1 Å². The van der Waals surface area contributed by atoms with Crippen LogP contribution in [-0.4, -0.2) is 35.9 Å². The van der Waals surface area contributed by atoms with Crippen molar-refractivity contribution in [1.82, 2.24) is 9.36 Å². The molecule has 3 heterocycles. The van der Waals surface area contributed by atoms with Crippen LogP contribution in [0.3, 0.4) is 0 Å². The van der Waals surface area contributed by atoms with Crippen molar-refractivity contribution in [2.24, 2.45) is 0 Å². The number of nitrogens with zero attached hydrogens (tertiary/aromatic N) is 2. The Morgan fingerprint density at radius 3 is 2.76 bits per heavy atom. The molecule has 1 aromatic carbocycles. The Morgan fingerprint density at radius 2 is 2.00 bits per heavy atom. The van der Waals surface area contributed by atoms with Crippen molar-refractivity contribution in [2.75, 3.05) is 31.9 Å². The molecule has 134 valence electrons. The van der Waals surface area contributed by atoms with Gasteiger partial charge in [-0.15, -0.1) is 0 Å². The smallest absolute Gasteiger partial charge is 0.231 e. The Balaban J connectivity index is 1.56. The summed E-state index contributed by atoms with van der Waals surface area (Å²) < 4.78 is 21.1. The first kappa shape index (κ1) is 16.6. The molecule has 2 aromatic rings. The lowest BCUT2D eigenvalue weighted by Crippen LogP contribution is -2.40. The van der Waals surface area contributed by atoms with Gasteiger partial charge in [-0.3, -0.25) is 0 Å². The van der Waals surface area contributed by atoms with Crippen molar-refractivity contribution in [3.8, 4) is 11.5 Å². The summed E-state index contributed by atoms with van der Waals surface area (Å²) >= 11 is 1.43. The Labute approximate surface area is 151 Å². The highest BCUT2D eigenvalue weighted by Gasteiger charge is 2.35. The predicted molar refractivity (Wildman–Crippen MR) is 96.8 cm³/mol. The number of ether oxygens (including phenoxy) is 3. The summed E-state index contributed by atoms with van der Waals surface area (Å²) in [6.07, 6.45) is 1.94. The van der Waals surface area contributed by atoms with Crippen LogP contribution in [0, 0.1) is 0 Å². The van der Waals surface area contributed by atoms with Gasteiger partial charge in [0.05, 0.1) is 0 Å². The van der Waals surface area contributed by atoms with Crippen LogP contribution in [-0.2, 0) is 10.2 Å². The van der Waals surface area contributed by atoms with E-state index in [0.29, 0.717) is 12.7 Å². The summed E-state index contributed by atoms with van der Waals surface area (Å²) in [4.78, 5) is 4.60. The van der Waals surface area contributed by atoms with Crippen LogP contribution in [0.2, 0.25) is 0 Å². The van der Waals surface area contributed by atoms with Gasteiger partial charge in [0.25, 0.3) is 0 Å². The van der Waals surface area contributed by atoms with E-state index in [1.54, 1.807) is 0 Å². The lowest BCUT2D eigenvalue weighted by atomic mass is 9.74. The van der Waals surface area contributed by atoms with Crippen LogP contribution < -0.4 is 14.8 Å². The fraction of sp³-hybridized carbons (Fsp3) is 0.556. The summed E-state index contributed by atoms with van der Waals surface area (Å²) in [5.74, 6) is 2.90. The van der Waals surface area contributed by atoms with Gasteiger partial charge in [-0.1, -0.05) is 19.9 Å². The molecule has 0 unspecified atom stereocenters. The molecule has 1 saturated heterocycles. The van der Waals surface area contributed by atoms with Crippen LogP contribution in [0.5, 0.6) is 11.5 Å². The summed E-state index contributed by atoms with van der Waals surface area (Å²) in [6, 6.07) is 6.28. The maximum absolute atomic E-state index is 5.62. The van der Waals surface area contributed by atoms with Crippen LogP contribution in [0.25, 0.3) is 0 Å². The minimum atomic E-state index is 0.00287. The SMILES string of the molecule is CC(C)c1nsc(NCC2(c3ccc4c(c3)OCO4)CCOCC2)n1. The number of anilines is 1. The average molecular weight is 361 g/mol. The summed E-state index contributed by atoms with van der Waals surface area (Å²) in [5, 5.41) is 4.40. The van der Waals surface area contributed by atoms with E-state index in [9.17, 15) is 0 Å². The van der Waals surface area contributed by atoms with E-state index in [1.165, 1.54) is 17.1 Å². The van der Waals surface area contributed by atoms with Gasteiger partial charge in [0.1, 0.15) is 5.82 Å². The second-order valence-electron chi connectivity index (χ2n) is 6.93. The summed E-state index contributed by atoms with van der Waals surface area (Å²) in [6.45, 7) is 6.86. The van der Waals surface area contributed by atoms with Crippen molar-refractivity contribution < 1.29 is 14.2 Å². The molecule has 1 fully saturated rings. The summed E-state index contributed by atoms with van der Waals surface area (Å²) in [5.41, 5.74) is 1.27. The monoisotopic (exact) mass is 361 g/mol. The molecule has 1 N–H and O–H groups in total. The van der Waals surface area contributed by atoms with Gasteiger partial charge in [-0.2, -0.15) is 4.37 Å². The van der Waals surface area contributed by atoms with Crippen molar-refractivity contribution in [2.45, 2.75) is 38.0 Å². The highest BCUT2D eigenvalue weighted by molar-refractivity contribution is 7.09. The van der Waals surface area contributed by atoms with Gasteiger partial charge in [0.15, 0.2) is 11.5 Å². The van der Waals surface area contributed by atoms with E-state index < -0.39 is 0 Å². The number of benzene rings is 1. The van der Waals surface area contributed by atoms with E-state index in [1.807, 2.05) is 6.07 Å². The number of hydrogen-bond acceptors (Lipinski definition) is 7. The molecule has 0 amide bonds. The first-order valence-corrected chi connectivity index (χ1v) is 9.49. The van der Waals surface area contributed by atoms with Crippen molar-refractivity contribution in [3.05, 3.63) is 29.6 Å². The van der Waals surface area contributed by atoms with Crippen LogP contribution in [0.15, 0.2) is 18.2 Å². The van der Waals surface area contributed by atoms with Crippen molar-refractivity contribution >= 4 is 16.7 Å². The molecule has 0 saturated carbocycles. The molecule has 2 aliphatic heterocycles. The summed E-state index contributed by atoms with van der Waals surface area (Å²) in [7, 11) is 0.